The van der Waals surface area contributed by atoms with Crippen LogP contribution in [0.4, 0.5) is 5.95 Å². The number of anilines is 1. The third kappa shape index (κ3) is 2.54. The topological polar surface area (TPSA) is 60.2 Å². The lowest BCUT2D eigenvalue weighted by Crippen LogP contribution is -2.30. The van der Waals surface area contributed by atoms with E-state index in [2.05, 4.69) is 14.5 Å². The first-order valence-corrected chi connectivity index (χ1v) is 9.93. The number of hydrogen-bond acceptors (Lipinski definition) is 5. The van der Waals surface area contributed by atoms with Crippen molar-refractivity contribution in [1.82, 2.24) is 14.5 Å². The maximum Gasteiger partial charge on any atom is 0.266 e. The number of amides is 1. The van der Waals surface area contributed by atoms with Crippen LogP contribution < -0.4 is 9.64 Å². The average molecular weight is 366 g/mol. The van der Waals surface area contributed by atoms with E-state index < -0.39 is 0 Å². The summed E-state index contributed by atoms with van der Waals surface area (Å²) in [6, 6.07) is 11.5. The van der Waals surface area contributed by atoms with Crippen molar-refractivity contribution >= 4 is 34.7 Å². The SMILES string of the molecule is O=C(c1cccnc1O[C@@H]1CCSC1)N1CCn2c1nc1ccccc12. The Labute approximate surface area is 155 Å². The third-order valence-corrected chi connectivity index (χ3v) is 5.97. The van der Waals surface area contributed by atoms with Gasteiger partial charge in [0.2, 0.25) is 11.8 Å². The third-order valence-electron chi connectivity index (χ3n) is 4.84. The van der Waals surface area contributed by atoms with Crippen LogP contribution in [0.15, 0.2) is 42.6 Å². The molecule has 0 radical (unpaired) electrons. The van der Waals surface area contributed by atoms with Crippen LogP contribution in [0.5, 0.6) is 5.88 Å². The molecule has 1 atom stereocenters. The first kappa shape index (κ1) is 15.7. The van der Waals surface area contributed by atoms with Gasteiger partial charge in [-0.05, 0) is 36.4 Å². The predicted octanol–water partition coefficient (Wildman–Crippen LogP) is 2.98. The molecule has 0 bridgehead atoms. The van der Waals surface area contributed by atoms with Gasteiger partial charge < -0.3 is 9.30 Å². The quantitative estimate of drug-likeness (QED) is 0.713. The summed E-state index contributed by atoms with van der Waals surface area (Å²) in [7, 11) is 0. The smallest absolute Gasteiger partial charge is 0.266 e. The van der Waals surface area contributed by atoms with Crippen molar-refractivity contribution < 1.29 is 9.53 Å². The van der Waals surface area contributed by atoms with Gasteiger partial charge in [-0.25, -0.2) is 9.97 Å². The van der Waals surface area contributed by atoms with E-state index in [9.17, 15) is 4.79 Å². The number of imidazole rings is 1. The molecule has 0 spiro atoms. The Kier molecular flexibility index (Phi) is 3.81. The number of para-hydroxylation sites is 2. The lowest BCUT2D eigenvalue weighted by atomic mass is 10.2. The van der Waals surface area contributed by atoms with Crippen molar-refractivity contribution in [1.29, 1.82) is 0 Å². The maximum absolute atomic E-state index is 13.2. The number of aromatic nitrogens is 3. The highest BCUT2D eigenvalue weighted by atomic mass is 32.2. The summed E-state index contributed by atoms with van der Waals surface area (Å²) < 4.78 is 8.12. The van der Waals surface area contributed by atoms with Gasteiger partial charge in [-0.2, -0.15) is 11.8 Å². The molecule has 132 valence electrons. The number of hydrogen-bond donors (Lipinski definition) is 0. The summed E-state index contributed by atoms with van der Waals surface area (Å²) >= 11 is 1.87. The molecule has 0 saturated carbocycles. The van der Waals surface area contributed by atoms with Crippen molar-refractivity contribution in [2.75, 3.05) is 23.0 Å². The Balaban J connectivity index is 1.48. The second-order valence-corrected chi connectivity index (χ2v) is 7.62. The number of ether oxygens (including phenoxy) is 1. The highest BCUT2D eigenvalue weighted by Gasteiger charge is 2.31. The van der Waals surface area contributed by atoms with Gasteiger partial charge in [-0.3, -0.25) is 9.69 Å². The fourth-order valence-corrected chi connectivity index (χ4v) is 4.63. The van der Waals surface area contributed by atoms with Gasteiger partial charge >= 0.3 is 0 Å². The maximum atomic E-state index is 13.2. The summed E-state index contributed by atoms with van der Waals surface area (Å²) in [5.41, 5.74) is 2.47. The van der Waals surface area contributed by atoms with Gasteiger partial charge in [-0.1, -0.05) is 12.1 Å². The molecule has 1 saturated heterocycles. The van der Waals surface area contributed by atoms with E-state index in [4.69, 9.17) is 4.74 Å². The first-order chi connectivity index (χ1) is 12.8. The molecule has 2 aliphatic rings. The molecular weight excluding hydrogens is 348 g/mol. The lowest BCUT2D eigenvalue weighted by molar-refractivity contribution is 0.0981. The summed E-state index contributed by atoms with van der Waals surface area (Å²) in [5, 5.41) is 0. The van der Waals surface area contributed by atoms with Gasteiger partial charge in [0.25, 0.3) is 5.91 Å². The van der Waals surface area contributed by atoms with Gasteiger partial charge in [0.1, 0.15) is 11.7 Å². The van der Waals surface area contributed by atoms with Crippen LogP contribution in [0.2, 0.25) is 0 Å². The number of nitrogens with zero attached hydrogens (tertiary/aromatic N) is 4. The Morgan fingerprint density at radius 3 is 3.00 bits per heavy atom. The molecule has 7 heteroatoms. The number of pyridine rings is 1. The number of thioether (sulfide) groups is 1. The zero-order chi connectivity index (χ0) is 17.5. The van der Waals surface area contributed by atoms with E-state index in [1.54, 1.807) is 23.2 Å². The van der Waals surface area contributed by atoms with Crippen molar-refractivity contribution in [3.63, 3.8) is 0 Å². The minimum Gasteiger partial charge on any atom is -0.473 e. The van der Waals surface area contributed by atoms with E-state index >= 15 is 0 Å². The minimum atomic E-state index is -0.104. The average Bonchev–Trinajstić information content (AvgIpc) is 3.38. The van der Waals surface area contributed by atoms with E-state index in [-0.39, 0.29) is 12.0 Å². The van der Waals surface area contributed by atoms with Crippen LogP contribution in [0, 0.1) is 0 Å². The Morgan fingerprint density at radius 2 is 2.12 bits per heavy atom. The molecule has 1 fully saturated rings. The lowest BCUT2D eigenvalue weighted by Gasteiger charge is -2.18. The Hall–Kier alpha value is -2.54. The predicted molar refractivity (Wildman–Crippen MR) is 102 cm³/mol. The van der Waals surface area contributed by atoms with E-state index in [0.29, 0.717) is 23.9 Å². The van der Waals surface area contributed by atoms with Crippen LogP contribution in [-0.4, -0.2) is 44.6 Å². The fraction of sp³-hybridized carbons (Fsp3) is 0.316. The Morgan fingerprint density at radius 1 is 1.19 bits per heavy atom. The number of fused-ring (bicyclic) bond motifs is 3. The number of rotatable bonds is 3. The first-order valence-electron chi connectivity index (χ1n) is 8.78. The molecular formula is C19H18N4O2S. The van der Waals surface area contributed by atoms with Crippen molar-refractivity contribution in [3.05, 3.63) is 48.2 Å². The van der Waals surface area contributed by atoms with Gasteiger partial charge in [0.05, 0.1) is 11.0 Å². The molecule has 1 aromatic carbocycles. The largest absolute Gasteiger partial charge is 0.473 e. The van der Waals surface area contributed by atoms with Crippen LogP contribution in [-0.2, 0) is 6.54 Å². The van der Waals surface area contributed by atoms with Crippen LogP contribution in [0.25, 0.3) is 11.0 Å². The molecule has 0 aliphatic carbocycles. The van der Waals surface area contributed by atoms with Crippen molar-refractivity contribution in [2.24, 2.45) is 0 Å². The highest BCUT2D eigenvalue weighted by molar-refractivity contribution is 7.99. The van der Waals surface area contributed by atoms with Gasteiger partial charge in [0.15, 0.2) is 0 Å². The van der Waals surface area contributed by atoms with Crippen LogP contribution in [0.3, 0.4) is 0 Å². The van der Waals surface area contributed by atoms with Crippen molar-refractivity contribution in [3.8, 4) is 5.88 Å². The van der Waals surface area contributed by atoms with E-state index in [1.807, 2.05) is 36.0 Å². The molecule has 0 unspecified atom stereocenters. The number of carbonyl (C=O) groups is 1. The zero-order valence-corrected chi connectivity index (χ0v) is 15.0. The number of benzene rings is 1. The standard InChI is InChI=1S/C19H18N4O2S/c24-18(14-4-3-8-20-17(14)25-13-7-11-26-12-13)23-10-9-22-16-6-2-1-5-15(16)21-19(22)23/h1-6,8,13H,7,9-12H2/t13-/m1/s1. The molecule has 0 N–H and O–H groups in total. The molecule has 5 rings (SSSR count). The molecule has 4 heterocycles. The van der Waals surface area contributed by atoms with Gasteiger partial charge in [-0.15, -0.1) is 0 Å². The molecule has 26 heavy (non-hydrogen) atoms. The monoisotopic (exact) mass is 366 g/mol. The Bertz CT molecular complexity index is 981. The second-order valence-electron chi connectivity index (χ2n) is 6.47. The van der Waals surface area contributed by atoms with Crippen LogP contribution >= 0.6 is 11.8 Å². The molecule has 1 amide bonds. The zero-order valence-electron chi connectivity index (χ0n) is 14.2. The van der Waals surface area contributed by atoms with E-state index in [1.165, 1.54) is 0 Å². The fourth-order valence-electron chi connectivity index (χ4n) is 3.54. The molecule has 6 nitrogen and oxygen atoms in total. The van der Waals surface area contributed by atoms with Gasteiger partial charge in [0, 0.05) is 25.0 Å². The normalized spacial score (nSPS) is 19.1. The summed E-state index contributed by atoms with van der Waals surface area (Å²) in [4.78, 5) is 23.9. The second kappa shape index (κ2) is 6.32. The summed E-state index contributed by atoms with van der Waals surface area (Å²) in [6.07, 6.45) is 2.80. The van der Waals surface area contributed by atoms with E-state index in [0.717, 1.165) is 35.5 Å². The molecule has 2 aliphatic heterocycles. The minimum absolute atomic E-state index is 0.104. The summed E-state index contributed by atoms with van der Waals surface area (Å²) in [5.74, 6) is 3.07. The highest BCUT2D eigenvalue weighted by Crippen LogP contribution is 2.30. The van der Waals surface area contributed by atoms with Crippen molar-refractivity contribution in [2.45, 2.75) is 19.1 Å². The van der Waals surface area contributed by atoms with Crippen LogP contribution in [0.1, 0.15) is 16.8 Å². The number of carbonyl (C=O) groups excluding carboxylic acids is 1. The molecule has 3 aromatic rings. The molecule has 2 aromatic heterocycles. The summed E-state index contributed by atoms with van der Waals surface area (Å²) in [6.45, 7) is 1.36.